The zero-order valence-electron chi connectivity index (χ0n) is 40.1. The topological polar surface area (TPSA) is 134 Å². The lowest BCUT2D eigenvalue weighted by Crippen LogP contribution is -2.29. The SMILES string of the molecule is CC/C=C\C/C=C\C/C=C\C/C=C\CCCCCCCCCCCCC(=O)OC(COC(=O)CCCCCCCCCCCCCCCCCCCC)COP(=O)(O)OCCN. The molecule has 0 heterocycles. The Balaban J connectivity index is 4.04. The van der Waals surface area contributed by atoms with Gasteiger partial charge in [0.1, 0.15) is 6.61 Å². The predicted molar refractivity (Wildman–Crippen MR) is 261 cm³/mol. The molecule has 0 saturated carbocycles. The maximum atomic E-state index is 12.7. The van der Waals surface area contributed by atoms with E-state index in [0.717, 1.165) is 70.6 Å². The Bertz CT molecular complexity index is 1160. The lowest BCUT2D eigenvalue weighted by molar-refractivity contribution is -0.161. The van der Waals surface area contributed by atoms with Gasteiger partial charge in [0, 0.05) is 19.4 Å². The van der Waals surface area contributed by atoms with Gasteiger partial charge in [0.05, 0.1) is 13.2 Å². The number of rotatable bonds is 48. The Kier molecular flexibility index (Phi) is 46.8. The molecule has 0 spiro atoms. The summed E-state index contributed by atoms with van der Waals surface area (Å²) in [5.74, 6) is -0.824. The van der Waals surface area contributed by atoms with Crippen molar-refractivity contribution in [3.8, 4) is 0 Å². The van der Waals surface area contributed by atoms with E-state index in [1.54, 1.807) is 0 Å². The van der Waals surface area contributed by atoms with E-state index in [-0.39, 0.29) is 38.6 Å². The van der Waals surface area contributed by atoms with Crippen molar-refractivity contribution in [1.29, 1.82) is 0 Å². The molecule has 9 nitrogen and oxygen atoms in total. The fraction of sp³-hybridized carbons (Fsp3) is 0.808. The monoisotopic (exact) mass is 894 g/mol. The third-order valence-electron chi connectivity index (χ3n) is 11.0. The van der Waals surface area contributed by atoms with Crippen LogP contribution in [0.3, 0.4) is 0 Å². The van der Waals surface area contributed by atoms with Crippen LogP contribution in [0.15, 0.2) is 48.6 Å². The summed E-state index contributed by atoms with van der Waals surface area (Å²) in [7, 11) is -4.38. The Morgan fingerprint density at radius 3 is 1.32 bits per heavy atom. The van der Waals surface area contributed by atoms with Gasteiger partial charge in [-0.05, 0) is 51.4 Å². The summed E-state index contributed by atoms with van der Waals surface area (Å²) in [4.78, 5) is 35.1. The molecule has 2 atom stereocenters. The molecule has 362 valence electrons. The van der Waals surface area contributed by atoms with Crippen LogP contribution in [-0.2, 0) is 32.7 Å². The number of hydrogen-bond acceptors (Lipinski definition) is 8. The second-order valence-electron chi connectivity index (χ2n) is 17.0. The maximum Gasteiger partial charge on any atom is 0.472 e. The maximum absolute atomic E-state index is 12.7. The molecule has 0 saturated heterocycles. The van der Waals surface area contributed by atoms with E-state index in [0.29, 0.717) is 6.42 Å². The standard InChI is InChI=1S/C52H96NO8P/c1-3-5-7-9-11-13-15-17-19-21-23-24-25-26-27-29-31-33-35-37-39-41-43-45-52(55)61-50(49-60-62(56,57)59-47-46-53)48-58-51(54)44-42-40-38-36-34-32-30-28-22-20-18-16-14-12-10-8-6-4-2/h5,7,11,13,17,19,23-24,50H,3-4,6,8-10,12,14-16,18,20-22,25-49,53H2,1-2H3,(H,56,57)/b7-5-,13-11-,19-17-,24-23-. The molecule has 0 bridgehead atoms. The van der Waals surface area contributed by atoms with Crippen molar-refractivity contribution >= 4 is 19.8 Å². The molecule has 62 heavy (non-hydrogen) atoms. The summed E-state index contributed by atoms with van der Waals surface area (Å²) in [6.07, 6.45) is 57.2. The van der Waals surface area contributed by atoms with Crippen LogP contribution in [0, 0.1) is 0 Å². The summed E-state index contributed by atoms with van der Waals surface area (Å²) >= 11 is 0. The zero-order chi connectivity index (χ0) is 45.3. The second-order valence-corrected chi connectivity index (χ2v) is 18.5. The number of carbonyl (C=O) groups is 2. The van der Waals surface area contributed by atoms with Crippen LogP contribution in [0.25, 0.3) is 0 Å². The molecule has 0 aliphatic rings. The van der Waals surface area contributed by atoms with Gasteiger partial charge in [0.15, 0.2) is 6.10 Å². The number of phosphoric acid groups is 1. The fourth-order valence-corrected chi connectivity index (χ4v) is 7.98. The highest BCUT2D eigenvalue weighted by Gasteiger charge is 2.26. The average Bonchev–Trinajstić information content (AvgIpc) is 3.26. The first-order valence-corrected chi connectivity index (χ1v) is 27.1. The minimum absolute atomic E-state index is 0.0527. The van der Waals surface area contributed by atoms with Crippen molar-refractivity contribution in [2.75, 3.05) is 26.4 Å². The quantitative estimate of drug-likeness (QED) is 0.0265. The van der Waals surface area contributed by atoms with Gasteiger partial charge in [-0.15, -0.1) is 0 Å². The van der Waals surface area contributed by atoms with Crippen LogP contribution < -0.4 is 5.73 Å². The Morgan fingerprint density at radius 2 is 0.887 bits per heavy atom. The Hall–Kier alpha value is -2.03. The number of unbranched alkanes of at least 4 members (excludes halogenated alkanes) is 27. The minimum Gasteiger partial charge on any atom is -0.462 e. The molecule has 0 radical (unpaired) electrons. The number of carbonyl (C=O) groups excluding carboxylic acids is 2. The van der Waals surface area contributed by atoms with Gasteiger partial charge in [-0.3, -0.25) is 18.6 Å². The molecule has 0 fully saturated rings. The van der Waals surface area contributed by atoms with Gasteiger partial charge < -0.3 is 20.1 Å². The zero-order valence-corrected chi connectivity index (χ0v) is 41.0. The van der Waals surface area contributed by atoms with Crippen molar-refractivity contribution in [3.05, 3.63) is 48.6 Å². The van der Waals surface area contributed by atoms with Crippen molar-refractivity contribution in [2.24, 2.45) is 5.73 Å². The first-order valence-electron chi connectivity index (χ1n) is 25.6. The number of phosphoric ester groups is 1. The third-order valence-corrected chi connectivity index (χ3v) is 12.0. The normalized spacial score (nSPS) is 13.5. The van der Waals surface area contributed by atoms with Gasteiger partial charge in [-0.25, -0.2) is 4.57 Å². The number of allylic oxidation sites excluding steroid dienone is 8. The number of esters is 2. The largest absolute Gasteiger partial charge is 0.472 e. The summed E-state index contributed by atoms with van der Waals surface area (Å²) in [6, 6.07) is 0. The van der Waals surface area contributed by atoms with E-state index in [1.807, 2.05) is 0 Å². The van der Waals surface area contributed by atoms with Crippen LogP contribution in [0.5, 0.6) is 0 Å². The number of hydrogen-bond donors (Lipinski definition) is 2. The lowest BCUT2D eigenvalue weighted by Gasteiger charge is -2.19. The highest BCUT2D eigenvalue weighted by atomic mass is 31.2. The van der Waals surface area contributed by atoms with E-state index >= 15 is 0 Å². The highest BCUT2D eigenvalue weighted by molar-refractivity contribution is 7.47. The first kappa shape index (κ1) is 60.0. The van der Waals surface area contributed by atoms with Crippen LogP contribution in [0.4, 0.5) is 0 Å². The molecule has 3 N–H and O–H groups in total. The minimum atomic E-state index is -4.38. The summed E-state index contributed by atoms with van der Waals surface area (Å²) in [5, 5.41) is 0. The van der Waals surface area contributed by atoms with Crippen molar-refractivity contribution in [3.63, 3.8) is 0 Å². The van der Waals surface area contributed by atoms with Crippen LogP contribution in [0.2, 0.25) is 0 Å². The Labute approximate surface area is 381 Å². The number of nitrogens with two attached hydrogens (primary N) is 1. The van der Waals surface area contributed by atoms with Crippen molar-refractivity contribution in [2.45, 2.75) is 245 Å². The van der Waals surface area contributed by atoms with E-state index < -0.39 is 26.5 Å². The molecule has 0 aromatic rings. The van der Waals surface area contributed by atoms with Gasteiger partial charge in [0.25, 0.3) is 0 Å². The smallest absolute Gasteiger partial charge is 0.462 e. The molecule has 0 aliphatic carbocycles. The second kappa shape index (κ2) is 48.4. The molecule has 0 amide bonds. The summed E-state index contributed by atoms with van der Waals surface area (Å²) in [5.41, 5.74) is 5.37. The molecule has 2 unspecified atom stereocenters. The third kappa shape index (κ3) is 47.4. The van der Waals surface area contributed by atoms with Gasteiger partial charge in [-0.1, -0.05) is 223 Å². The molecule has 0 rings (SSSR count). The van der Waals surface area contributed by atoms with E-state index in [1.165, 1.54) is 135 Å². The highest BCUT2D eigenvalue weighted by Crippen LogP contribution is 2.43. The molecular weight excluding hydrogens is 798 g/mol. The summed E-state index contributed by atoms with van der Waals surface area (Å²) < 4.78 is 32.9. The molecule has 10 heteroatoms. The molecule has 0 aromatic carbocycles. The van der Waals surface area contributed by atoms with Gasteiger partial charge in [-0.2, -0.15) is 0 Å². The molecule has 0 aliphatic heterocycles. The van der Waals surface area contributed by atoms with Crippen molar-refractivity contribution in [1.82, 2.24) is 0 Å². The lowest BCUT2D eigenvalue weighted by atomic mass is 10.0. The van der Waals surface area contributed by atoms with E-state index in [2.05, 4.69) is 62.5 Å². The fourth-order valence-electron chi connectivity index (χ4n) is 7.22. The van der Waals surface area contributed by atoms with Gasteiger partial charge >= 0.3 is 19.8 Å². The predicted octanol–water partition coefficient (Wildman–Crippen LogP) is 15.5. The average molecular weight is 894 g/mol. The van der Waals surface area contributed by atoms with E-state index in [9.17, 15) is 19.0 Å². The first-order chi connectivity index (χ1) is 30.3. The molecule has 0 aromatic heterocycles. The van der Waals surface area contributed by atoms with Crippen LogP contribution in [-0.4, -0.2) is 49.3 Å². The Morgan fingerprint density at radius 1 is 0.500 bits per heavy atom. The number of ether oxygens (including phenoxy) is 2. The van der Waals surface area contributed by atoms with Crippen LogP contribution >= 0.6 is 7.82 Å². The van der Waals surface area contributed by atoms with Crippen LogP contribution in [0.1, 0.15) is 239 Å². The summed E-state index contributed by atoms with van der Waals surface area (Å²) in [6.45, 7) is 3.65. The van der Waals surface area contributed by atoms with Crippen molar-refractivity contribution < 1.29 is 37.6 Å². The molecular formula is C52H96NO8P. The van der Waals surface area contributed by atoms with Gasteiger partial charge in [0.2, 0.25) is 0 Å². The van der Waals surface area contributed by atoms with E-state index in [4.69, 9.17) is 24.3 Å².